The first-order valence-corrected chi connectivity index (χ1v) is 12.1. The van der Waals surface area contributed by atoms with Crippen LogP contribution < -0.4 is 20.9 Å². The summed E-state index contributed by atoms with van der Waals surface area (Å²) in [6.45, 7) is 5.20. The van der Waals surface area contributed by atoms with Gasteiger partial charge in [-0.15, -0.1) is 0 Å². The minimum atomic E-state index is 0.470. The third-order valence-corrected chi connectivity index (χ3v) is 2.44. The van der Waals surface area contributed by atoms with E-state index in [9.17, 15) is 0 Å². The van der Waals surface area contributed by atoms with Crippen molar-refractivity contribution in [3.63, 3.8) is 0 Å². The van der Waals surface area contributed by atoms with Gasteiger partial charge in [-0.3, -0.25) is 0 Å². The Kier molecular flexibility index (Phi) is 13.1. The molecule has 0 atom stereocenters. The molecule has 4 N–H and O–H groups in total. The summed E-state index contributed by atoms with van der Waals surface area (Å²) in [6.07, 6.45) is 0. The topological polar surface area (TPSA) is 70.5 Å². The van der Waals surface area contributed by atoms with Crippen molar-refractivity contribution in [1.82, 2.24) is 0 Å². The Morgan fingerprint density at radius 2 is 1.04 bits per heavy atom. The molecule has 23 heavy (non-hydrogen) atoms. The first kappa shape index (κ1) is 21.4. The summed E-state index contributed by atoms with van der Waals surface area (Å²) < 4.78 is 10.4. The van der Waals surface area contributed by atoms with E-state index in [0.29, 0.717) is 45.5 Å². The molecule has 0 saturated heterocycles. The standard InChI is InChI=1S/2C8H11NO.C2H6Te/c2*1-2-10-8-6-4-3-5-7(8)9;1-3-2/h2*3-6H,2,9H2,1H3;1-2H3. The zero-order chi connectivity index (χ0) is 17.5. The average molecular weight is 432 g/mol. The fraction of sp³-hybridized carbons (Fsp3) is 0.333. The predicted octanol–water partition coefficient (Wildman–Crippen LogP) is 4.12. The molecule has 0 unspecified atom stereocenters. The van der Waals surface area contributed by atoms with Crippen LogP contribution in [0.3, 0.4) is 0 Å². The monoisotopic (exact) mass is 434 g/mol. The summed E-state index contributed by atoms with van der Waals surface area (Å²) in [5.41, 5.74) is 12.6. The second-order valence-corrected chi connectivity index (χ2v) is 6.68. The van der Waals surface area contributed by atoms with E-state index in [2.05, 4.69) is 9.94 Å². The van der Waals surface area contributed by atoms with Gasteiger partial charge in [0, 0.05) is 0 Å². The van der Waals surface area contributed by atoms with Gasteiger partial charge < -0.3 is 20.9 Å². The summed E-state index contributed by atoms with van der Waals surface area (Å²) in [7, 11) is 0. The van der Waals surface area contributed by atoms with Gasteiger partial charge >= 0.3 is 30.9 Å². The van der Waals surface area contributed by atoms with E-state index in [1.807, 2.05) is 62.4 Å². The van der Waals surface area contributed by atoms with Crippen LogP contribution in [0.2, 0.25) is 9.94 Å². The van der Waals surface area contributed by atoms with Gasteiger partial charge in [0.2, 0.25) is 0 Å². The Balaban J connectivity index is 0.000000360. The molecule has 0 bridgehead atoms. The maximum absolute atomic E-state index is 5.58. The van der Waals surface area contributed by atoms with Crippen LogP contribution in [0, 0.1) is 0 Å². The molecule has 5 heteroatoms. The van der Waals surface area contributed by atoms with Gasteiger partial charge in [0.25, 0.3) is 0 Å². The summed E-state index contributed by atoms with van der Waals surface area (Å²) in [5.74, 6) is 1.54. The van der Waals surface area contributed by atoms with Crippen molar-refractivity contribution in [2.75, 3.05) is 24.7 Å². The van der Waals surface area contributed by atoms with Gasteiger partial charge in [0.15, 0.2) is 0 Å². The number of anilines is 2. The molecule has 2 rings (SSSR count). The molecule has 0 aliphatic heterocycles. The summed E-state index contributed by atoms with van der Waals surface area (Å²) in [5, 5.41) is 0. The van der Waals surface area contributed by atoms with Crippen LogP contribution in [-0.4, -0.2) is 34.1 Å². The SMILES string of the molecule is CCOc1ccccc1N.CCOc1ccccc1N.C[Te]C. The Morgan fingerprint density at radius 1 is 0.739 bits per heavy atom. The molecule has 0 radical (unpaired) electrons. The van der Waals surface area contributed by atoms with E-state index in [-0.39, 0.29) is 0 Å². The second-order valence-electron chi connectivity index (χ2n) is 4.35. The number of nitrogens with two attached hydrogens (primary N) is 2. The summed E-state index contributed by atoms with van der Waals surface area (Å²) >= 11 is 0.470. The molecule has 0 aliphatic rings. The van der Waals surface area contributed by atoms with E-state index in [1.54, 1.807) is 0 Å². The van der Waals surface area contributed by atoms with E-state index < -0.39 is 0 Å². The molecule has 0 spiro atoms. The molecule has 0 amide bonds. The molecule has 2 aromatic rings. The fourth-order valence-corrected chi connectivity index (χ4v) is 1.53. The summed E-state index contributed by atoms with van der Waals surface area (Å²) in [6, 6.07) is 15.0. The molecule has 0 aromatic heterocycles. The van der Waals surface area contributed by atoms with Crippen LogP contribution in [0.1, 0.15) is 13.8 Å². The molecule has 4 nitrogen and oxygen atoms in total. The van der Waals surface area contributed by atoms with Crippen molar-refractivity contribution < 1.29 is 9.47 Å². The zero-order valence-electron chi connectivity index (χ0n) is 14.4. The average Bonchev–Trinajstić information content (AvgIpc) is 2.54. The van der Waals surface area contributed by atoms with E-state index >= 15 is 0 Å². The van der Waals surface area contributed by atoms with Crippen molar-refractivity contribution in [3.8, 4) is 11.5 Å². The van der Waals surface area contributed by atoms with Crippen molar-refractivity contribution >= 4 is 32.3 Å². The Labute approximate surface area is 150 Å². The molecule has 0 saturated carbocycles. The van der Waals surface area contributed by atoms with Gasteiger partial charge in [-0.05, 0) is 38.1 Å². The third kappa shape index (κ3) is 9.93. The fourth-order valence-electron chi connectivity index (χ4n) is 1.53. The molecule has 0 aliphatic carbocycles. The number of benzene rings is 2. The second kappa shape index (κ2) is 14.0. The summed E-state index contributed by atoms with van der Waals surface area (Å²) in [4.78, 5) is 4.51. The molecular formula is C18H28N2O2Te. The van der Waals surface area contributed by atoms with Gasteiger partial charge in [0.05, 0.1) is 24.6 Å². The molecule has 0 heterocycles. The Hall–Kier alpha value is -1.57. The number of hydrogen-bond acceptors (Lipinski definition) is 4. The first-order chi connectivity index (χ1) is 11.1. The molecule has 128 valence electrons. The number of nitrogen functional groups attached to an aromatic ring is 2. The van der Waals surface area contributed by atoms with Crippen LogP contribution in [0.5, 0.6) is 11.5 Å². The quantitative estimate of drug-likeness (QED) is 0.564. The molecule has 0 fully saturated rings. The van der Waals surface area contributed by atoms with Crippen molar-refractivity contribution in [3.05, 3.63) is 48.5 Å². The zero-order valence-corrected chi connectivity index (χ0v) is 16.7. The van der Waals surface area contributed by atoms with Crippen LogP contribution in [0.4, 0.5) is 11.4 Å². The van der Waals surface area contributed by atoms with Crippen molar-refractivity contribution in [2.24, 2.45) is 0 Å². The van der Waals surface area contributed by atoms with Crippen LogP contribution in [0.15, 0.2) is 48.5 Å². The normalized spacial score (nSPS) is 8.87. The maximum atomic E-state index is 5.58. The Morgan fingerprint density at radius 3 is 1.30 bits per heavy atom. The van der Waals surface area contributed by atoms with Gasteiger partial charge in [0.1, 0.15) is 11.5 Å². The number of rotatable bonds is 4. The number of hydrogen-bond donors (Lipinski definition) is 2. The Bertz CT molecular complexity index is 488. The van der Waals surface area contributed by atoms with E-state index in [0.717, 1.165) is 11.5 Å². The van der Waals surface area contributed by atoms with Crippen LogP contribution in [-0.2, 0) is 0 Å². The van der Waals surface area contributed by atoms with E-state index in [4.69, 9.17) is 20.9 Å². The number of para-hydroxylation sites is 4. The van der Waals surface area contributed by atoms with Crippen molar-refractivity contribution in [1.29, 1.82) is 0 Å². The third-order valence-electron chi connectivity index (χ3n) is 2.44. The van der Waals surface area contributed by atoms with Gasteiger partial charge in [-0.25, -0.2) is 0 Å². The predicted molar refractivity (Wildman–Crippen MR) is 102 cm³/mol. The van der Waals surface area contributed by atoms with E-state index in [1.165, 1.54) is 0 Å². The van der Waals surface area contributed by atoms with Crippen LogP contribution >= 0.6 is 0 Å². The van der Waals surface area contributed by atoms with Crippen molar-refractivity contribution in [2.45, 2.75) is 23.8 Å². The molecular weight excluding hydrogens is 404 g/mol. The minimum absolute atomic E-state index is 0.470. The number of ether oxygens (including phenoxy) is 2. The van der Waals surface area contributed by atoms with Crippen LogP contribution in [0.25, 0.3) is 0 Å². The van der Waals surface area contributed by atoms with Gasteiger partial charge in [-0.1, -0.05) is 24.3 Å². The first-order valence-electron chi connectivity index (χ1n) is 7.45. The van der Waals surface area contributed by atoms with Gasteiger partial charge in [-0.2, -0.15) is 0 Å². The molecule has 2 aromatic carbocycles.